The molecule has 1 fully saturated rings. The van der Waals surface area contributed by atoms with Crippen LogP contribution >= 0.6 is 0 Å². The van der Waals surface area contributed by atoms with E-state index in [2.05, 4.69) is 14.8 Å². The first-order valence-electron chi connectivity index (χ1n) is 7.82. The molecule has 1 heterocycles. The van der Waals surface area contributed by atoms with Gasteiger partial charge in [0.15, 0.2) is 0 Å². The van der Waals surface area contributed by atoms with E-state index in [1.54, 1.807) is 0 Å². The van der Waals surface area contributed by atoms with Crippen molar-refractivity contribution in [2.24, 2.45) is 11.8 Å². The lowest BCUT2D eigenvalue weighted by Gasteiger charge is -2.21. The maximum Gasteiger partial charge on any atom is 0.416 e. The van der Waals surface area contributed by atoms with E-state index in [4.69, 9.17) is 4.74 Å². The summed E-state index contributed by atoms with van der Waals surface area (Å²) >= 11 is 0. The van der Waals surface area contributed by atoms with Crippen molar-refractivity contribution in [3.05, 3.63) is 35.4 Å². The Balaban J connectivity index is 2.48. The van der Waals surface area contributed by atoms with E-state index < -0.39 is 53.6 Å². The number of carbonyl (C=O) groups is 3. The molecule has 0 amide bonds. The predicted molar refractivity (Wildman–Crippen MR) is 84.1 cm³/mol. The third kappa shape index (κ3) is 4.05. The maximum absolute atomic E-state index is 12.8. The van der Waals surface area contributed by atoms with Crippen LogP contribution in [0.1, 0.15) is 17.2 Å². The normalized spacial score (nSPS) is 25.0. The minimum atomic E-state index is -4.52. The molecule has 0 aromatic heterocycles. The zero-order valence-corrected chi connectivity index (χ0v) is 14.7. The number of hydrogen-bond donors (Lipinski definition) is 1. The molecule has 0 unspecified atom stereocenters. The third-order valence-corrected chi connectivity index (χ3v) is 4.46. The summed E-state index contributed by atoms with van der Waals surface area (Å²) in [6.07, 6.45) is -4.52. The molecular formula is C17H18F3NO6. The topological polar surface area (TPSA) is 90.9 Å². The van der Waals surface area contributed by atoms with Crippen molar-refractivity contribution in [2.45, 2.75) is 18.3 Å². The predicted octanol–water partition coefficient (Wildman–Crippen LogP) is 1.47. The molecule has 148 valence electrons. The van der Waals surface area contributed by atoms with Gasteiger partial charge in [-0.15, -0.1) is 0 Å². The summed E-state index contributed by atoms with van der Waals surface area (Å²) < 4.78 is 52.4. The van der Waals surface area contributed by atoms with Gasteiger partial charge in [0, 0.05) is 6.04 Å². The monoisotopic (exact) mass is 389 g/mol. The van der Waals surface area contributed by atoms with Gasteiger partial charge in [0.05, 0.1) is 38.7 Å². The zero-order valence-electron chi connectivity index (χ0n) is 14.7. The van der Waals surface area contributed by atoms with Crippen LogP contribution in [0.4, 0.5) is 13.2 Å². The molecular weight excluding hydrogens is 371 g/mol. The molecule has 1 aliphatic heterocycles. The summed E-state index contributed by atoms with van der Waals surface area (Å²) in [7, 11) is 3.30. The number of ether oxygens (including phenoxy) is 3. The summed E-state index contributed by atoms with van der Waals surface area (Å²) in [5, 5.41) is 2.79. The Morgan fingerprint density at radius 3 is 1.78 bits per heavy atom. The van der Waals surface area contributed by atoms with E-state index >= 15 is 0 Å². The van der Waals surface area contributed by atoms with Crippen molar-refractivity contribution in [2.75, 3.05) is 21.3 Å². The number of rotatable bonds is 4. The quantitative estimate of drug-likeness (QED) is 0.616. The van der Waals surface area contributed by atoms with Gasteiger partial charge in [-0.2, -0.15) is 13.2 Å². The molecule has 0 saturated carbocycles. The number of carbonyl (C=O) groups excluding carboxylic acids is 3. The molecule has 27 heavy (non-hydrogen) atoms. The van der Waals surface area contributed by atoms with E-state index in [-0.39, 0.29) is 5.56 Å². The van der Waals surface area contributed by atoms with Crippen LogP contribution in [-0.4, -0.2) is 45.3 Å². The van der Waals surface area contributed by atoms with Crippen LogP contribution in [0.15, 0.2) is 24.3 Å². The van der Waals surface area contributed by atoms with Crippen molar-refractivity contribution >= 4 is 17.9 Å². The van der Waals surface area contributed by atoms with Crippen molar-refractivity contribution < 1.29 is 41.8 Å². The van der Waals surface area contributed by atoms with Gasteiger partial charge in [0.1, 0.15) is 6.04 Å². The Morgan fingerprint density at radius 1 is 0.852 bits per heavy atom. The van der Waals surface area contributed by atoms with Gasteiger partial charge in [-0.1, -0.05) is 12.1 Å². The van der Waals surface area contributed by atoms with Crippen LogP contribution in [0.5, 0.6) is 0 Å². The average molecular weight is 389 g/mol. The van der Waals surface area contributed by atoms with E-state index in [1.165, 1.54) is 12.1 Å². The van der Waals surface area contributed by atoms with E-state index in [0.717, 1.165) is 33.5 Å². The highest BCUT2D eigenvalue weighted by molar-refractivity contribution is 5.91. The number of esters is 3. The van der Waals surface area contributed by atoms with E-state index in [0.29, 0.717) is 0 Å². The number of nitrogens with one attached hydrogen (secondary N) is 1. The summed E-state index contributed by atoms with van der Waals surface area (Å²) in [6.45, 7) is 0. The minimum absolute atomic E-state index is 0.277. The van der Waals surface area contributed by atoms with Gasteiger partial charge in [0.25, 0.3) is 0 Å². The molecule has 1 aromatic rings. The molecule has 0 bridgehead atoms. The Labute approximate surface area is 152 Å². The van der Waals surface area contributed by atoms with Crippen LogP contribution in [-0.2, 0) is 34.8 Å². The fourth-order valence-electron chi connectivity index (χ4n) is 3.18. The van der Waals surface area contributed by atoms with Crippen LogP contribution < -0.4 is 5.32 Å². The Morgan fingerprint density at radius 2 is 1.33 bits per heavy atom. The molecule has 10 heteroatoms. The van der Waals surface area contributed by atoms with E-state index in [1.807, 2.05) is 0 Å². The highest BCUT2D eigenvalue weighted by Gasteiger charge is 2.55. The minimum Gasteiger partial charge on any atom is -0.469 e. The van der Waals surface area contributed by atoms with Crippen molar-refractivity contribution in [1.29, 1.82) is 0 Å². The molecule has 2 rings (SSSR count). The highest BCUT2D eigenvalue weighted by atomic mass is 19.4. The molecule has 1 aliphatic rings. The standard InChI is InChI=1S/C17H18F3NO6/c1-25-14(22)10-11(15(23)26-2)13(16(24)27-3)21-12(10)8-4-6-9(7-5-8)17(18,19)20/h4-7,10-13,21H,1-3H3/t10-,11+,12-,13-/m1/s1. The van der Waals surface area contributed by atoms with Gasteiger partial charge in [-0.05, 0) is 17.7 Å². The smallest absolute Gasteiger partial charge is 0.416 e. The second-order valence-electron chi connectivity index (χ2n) is 5.86. The lowest BCUT2D eigenvalue weighted by atomic mass is 9.84. The van der Waals surface area contributed by atoms with Gasteiger partial charge >= 0.3 is 24.1 Å². The third-order valence-electron chi connectivity index (χ3n) is 4.46. The first kappa shape index (κ1) is 20.7. The fourth-order valence-corrected chi connectivity index (χ4v) is 3.18. The number of halogens is 3. The second-order valence-corrected chi connectivity index (χ2v) is 5.86. The molecule has 1 saturated heterocycles. The van der Waals surface area contributed by atoms with Crippen LogP contribution in [0.3, 0.4) is 0 Å². The summed E-state index contributed by atoms with van der Waals surface area (Å²) in [5.41, 5.74) is -0.591. The maximum atomic E-state index is 12.8. The van der Waals surface area contributed by atoms with Gasteiger partial charge < -0.3 is 14.2 Å². The first-order chi connectivity index (χ1) is 12.6. The molecule has 0 spiro atoms. The zero-order chi connectivity index (χ0) is 20.4. The molecule has 4 atom stereocenters. The number of hydrogen-bond acceptors (Lipinski definition) is 7. The van der Waals surface area contributed by atoms with E-state index in [9.17, 15) is 27.6 Å². The lowest BCUT2D eigenvalue weighted by Crippen LogP contribution is -2.42. The molecule has 1 N–H and O–H groups in total. The Kier molecular flexibility index (Phi) is 6.09. The SMILES string of the molecule is COC(=O)[C@@H]1[C@H](C(=O)OC)[C@H](C(=O)OC)N[C@@H]1c1ccc(C(F)(F)F)cc1. The Hall–Kier alpha value is -2.62. The molecule has 7 nitrogen and oxygen atoms in total. The van der Waals surface area contributed by atoms with Crippen LogP contribution in [0.25, 0.3) is 0 Å². The molecule has 0 aliphatic carbocycles. The number of methoxy groups -OCH3 is 3. The average Bonchev–Trinajstić information content (AvgIpc) is 3.06. The molecule has 1 aromatic carbocycles. The first-order valence-corrected chi connectivity index (χ1v) is 7.82. The summed E-state index contributed by atoms with van der Waals surface area (Å²) in [6, 6.07) is 1.87. The van der Waals surface area contributed by atoms with Gasteiger partial charge in [-0.25, -0.2) is 0 Å². The van der Waals surface area contributed by atoms with Crippen molar-refractivity contribution in [3.63, 3.8) is 0 Å². The lowest BCUT2D eigenvalue weighted by molar-refractivity contribution is -0.159. The summed E-state index contributed by atoms with van der Waals surface area (Å²) in [4.78, 5) is 36.6. The van der Waals surface area contributed by atoms with Gasteiger partial charge in [-0.3, -0.25) is 19.7 Å². The number of benzene rings is 1. The molecule has 0 radical (unpaired) electrons. The Bertz CT molecular complexity index is 718. The fraction of sp³-hybridized carbons (Fsp3) is 0.471. The second kappa shape index (κ2) is 7.95. The number of alkyl halides is 3. The van der Waals surface area contributed by atoms with Gasteiger partial charge in [0.2, 0.25) is 0 Å². The van der Waals surface area contributed by atoms with Crippen LogP contribution in [0, 0.1) is 11.8 Å². The van der Waals surface area contributed by atoms with Crippen molar-refractivity contribution in [1.82, 2.24) is 5.32 Å². The van der Waals surface area contributed by atoms with Crippen molar-refractivity contribution in [3.8, 4) is 0 Å². The largest absolute Gasteiger partial charge is 0.469 e. The summed E-state index contributed by atoms with van der Waals surface area (Å²) in [5.74, 6) is -4.92. The van der Waals surface area contributed by atoms with Crippen LogP contribution in [0.2, 0.25) is 0 Å². The highest BCUT2D eigenvalue weighted by Crippen LogP contribution is 2.40.